The third-order valence-corrected chi connectivity index (χ3v) is 3.49. The molecular formula is C16H35N5O. The number of rotatable bonds is 11. The molecule has 0 fully saturated rings. The summed E-state index contributed by atoms with van der Waals surface area (Å²) in [6.45, 7) is 15.4. The molecule has 0 aromatic heterocycles. The maximum atomic E-state index is 11.5. The molecular weight excluding hydrogens is 278 g/mol. The molecule has 0 aliphatic heterocycles. The fraction of sp³-hybridized carbons (Fsp3) is 0.875. The van der Waals surface area contributed by atoms with Crippen molar-refractivity contribution in [3.63, 3.8) is 0 Å². The van der Waals surface area contributed by atoms with Crippen molar-refractivity contribution in [2.24, 2.45) is 4.99 Å². The Kier molecular flexibility index (Phi) is 12.6. The highest BCUT2D eigenvalue weighted by Crippen LogP contribution is 1.99. The molecule has 0 aliphatic rings. The van der Waals surface area contributed by atoms with Crippen molar-refractivity contribution in [3.8, 4) is 0 Å². The highest BCUT2D eigenvalue weighted by atomic mass is 16.1. The van der Waals surface area contributed by atoms with Crippen LogP contribution in [0.2, 0.25) is 0 Å². The largest absolute Gasteiger partial charge is 0.357 e. The predicted molar refractivity (Wildman–Crippen MR) is 94.3 cm³/mol. The molecule has 3 N–H and O–H groups in total. The van der Waals surface area contributed by atoms with Crippen LogP contribution in [-0.2, 0) is 4.79 Å². The lowest BCUT2D eigenvalue weighted by atomic mass is 10.2. The van der Waals surface area contributed by atoms with E-state index in [1.54, 1.807) is 0 Å². The molecule has 6 heteroatoms. The molecule has 0 saturated carbocycles. The van der Waals surface area contributed by atoms with E-state index in [1.165, 1.54) is 0 Å². The van der Waals surface area contributed by atoms with Crippen LogP contribution in [0.3, 0.4) is 0 Å². The molecule has 0 saturated heterocycles. The number of hydrogen-bond donors (Lipinski definition) is 3. The number of nitrogens with zero attached hydrogens (tertiary/aromatic N) is 2. The topological polar surface area (TPSA) is 68.8 Å². The average molecular weight is 313 g/mol. The number of aliphatic imine (C=N–C) groups is 1. The van der Waals surface area contributed by atoms with Crippen LogP contribution in [0.15, 0.2) is 4.99 Å². The Morgan fingerprint density at radius 3 is 2.27 bits per heavy atom. The number of guanidine groups is 1. The predicted octanol–water partition coefficient (Wildman–Crippen LogP) is 1.19. The van der Waals surface area contributed by atoms with Crippen LogP contribution in [0.25, 0.3) is 0 Å². The van der Waals surface area contributed by atoms with Gasteiger partial charge in [-0.05, 0) is 53.2 Å². The van der Waals surface area contributed by atoms with E-state index in [2.05, 4.69) is 46.6 Å². The van der Waals surface area contributed by atoms with Gasteiger partial charge in [-0.25, -0.2) is 4.99 Å². The summed E-state index contributed by atoms with van der Waals surface area (Å²) < 4.78 is 0. The van der Waals surface area contributed by atoms with E-state index in [-0.39, 0.29) is 12.5 Å². The van der Waals surface area contributed by atoms with Crippen LogP contribution in [-0.4, -0.2) is 62.1 Å². The van der Waals surface area contributed by atoms with E-state index in [9.17, 15) is 4.79 Å². The molecule has 1 amide bonds. The van der Waals surface area contributed by atoms with E-state index in [4.69, 9.17) is 0 Å². The van der Waals surface area contributed by atoms with E-state index in [1.807, 2.05) is 13.8 Å². The number of amides is 1. The summed E-state index contributed by atoms with van der Waals surface area (Å²) >= 11 is 0. The van der Waals surface area contributed by atoms with E-state index in [0.717, 1.165) is 39.0 Å². The van der Waals surface area contributed by atoms with Crippen molar-refractivity contribution < 1.29 is 4.79 Å². The van der Waals surface area contributed by atoms with Crippen molar-refractivity contribution in [2.75, 3.05) is 39.3 Å². The third kappa shape index (κ3) is 10.4. The normalized spacial score (nSPS) is 13.1. The molecule has 0 radical (unpaired) electrons. The van der Waals surface area contributed by atoms with Gasteiger partial charge in [-0.2, -0.15) is 0 Å². The first-order chi connectivity index (χ1) is 10.6. The molecule has 22 heavy (non-hydrogen) atoms. The van der Waals surface area contributed by atoms with Gasteiger partial charge >= 0.3 is 0 Å². The fourth-order valence-electron chi connectivity index (χ4n) is 2.19. The Bertz CT molecular complexity index is 316. The average Bonchev–Trinajstić information content (AvgIpc) is 2.50. The molecule has 1 atom stereocenters. The van der Waals surface area contributed by atoms with Gasteiger partial charge in [0.15, 0.2) is 5.96 Å². The number of carbonyl (C=O) groups is 1. The Hall–Kier alpha value is -1.30. The van der Waals surface area contributed by atoms with Crippen LogP contribution in [0, 0.1) is 0 Å². The lowest BCUT2D eigenvalue weighted by Gasteiger charge is -2.21. The number of likely N-dealkylation sites (N-methyl/N-ethyl adjacent to an activating group) is 1. The van der Waals surface area contributed by atoms with Gasteiger partial charge in [0.05, 0.1) is 0 Å². The third-order valence-electron chi connectivity index (χ3n) is 3.49. The van der Waals surface area contributed by atoms with E-state index in [0.29, 0.717) is 18.5 Å². The van der Waals surface area contributed by atoms with Crippen LogP contribution in [0.4, 0.5) is 0 Å². The molecule has 0 aromatic rings. The standard InChI is InChI=1S/C16H35N5O/c1-6-17-15(22)13-19-16(18-7-2)20-14(5)11-10-12-21(8-3)9-4/h14H,6-13H2,1-5H3,(H,17,22)(H2,18,19,20). The summed E-state index contributed by atoms with van der Waals surface area (Å²) in [5.74, 6) is 0.665. The second-order valence-electron chi connectivity index (χ2n) is 5.36. The molecule has 0 bridgehead atoms. The molecule has 1 unspecified atom stereocenters. The minimum atomic E-state index is -0.0473. The summed E-state index contributed by atoms with van der Waals surface area (Å²) in [5, 5.41) is 9.30. The van der Waals surface area contributed by atoms with Crippen molar-refractivity contribution in [1.29, 1.82) is 0 Å². The van der Waals surface area contributed by atoms with Crippen molar-refractivity contribution in [1.82, 2.24) is 20.9 Å². The van der Waals surface area contributed by atoms with Gasteiger partial charge in [-0.3, -0.25) is 4.79 Å². The second kappa shape index (κ2) is 13.4. The zero-order valence-corrected chi connectivity index (χ0v) is 15.0. The monoisotopic (exact) mass is 313 g/mol. The van der Waals surface area contributed by atoms with Gasteiger partial charge in [0.1, 0.15) is 6.54 Å². The molecule has 0 spiro atoms. The fourth-order valence-corrected chi connectivity index (χ4v) is 2.19. The highest BCUT2D eigenvalue weighted by molar-refractivity contribution is 5.84. The maximum Gasteiger partial charge on any atom is 0.241 e. The number of hydrogen-bond acceptors (Lipinski definition) is 3. The highest BCUT2D eigenvalue weighted by Gasteiger charge is 2.07. The first kappa shape index (κ1) is 20.7. The number of nitrogens with one attached hydrogen (secondary N) is 3. The van der Waals surface area contributed by atoms with Gasteiger partial charge in [0, 0.05) is 19.1 Å². The smallest absolute Gasteiger partial charge is 0.241 e. The summed E-state index contributed by atoms with van der Waals surface area (Å²) in [7, 11) is 0. The number of carbonyl (C=O) groups excluding carboxylic acids is 1. The summed E-state index contributed by atoms with van der Waals surface area (Å²) in [6, 6.07) is 0.336. The van der Waals surface area contributed by atoms with Gasteiger partial charge in [0.2, 0.25) is 5.91 Å². The molecule has 0 aromatic carbocycles. The van der Waals surface area contributed by atoms with Gasteiger partial charge < -0.3 is 20.9 Å². The lowest BCUT2D eigenvalue weighted by Crippen LogP contribution is -2.43. The van der Waals surface area contributed by atoms with Crippen LogP contribution < -0.4 is 16.0 Å². The summed E-state index contributed by atoms with van der Waals surface area (Å²) in [6.07, 6.45) is 2.24. The quantitative estimate of drug-likeness (QED) is 0.396. The Morgan fingerprint density at radius 1 is 1.09 bits per heavy atom. The minimum absolute atomic E-state index is 0.0473. The SMILES string of the molecule is CCNC(=O)CN=C(NCC)NC(C)CCCN(CC)CC. The van der Waals surface area contributed by atoms with Gasteiger partial charge in [-0.15, -0.1) is 0 Å². The van der Waals surface area contributed by atoms with E-state index >= 15 is 0 Å². The van der Waals surface area contributed by atoms with E-state index < -0.39 is 0 Å². The summed E-state index contributed by atoms with van der Waals surface area (Å²) in [4.78, 5) is 18.2. The van der Waals surface area contributed by atoms with Crippen LogP contribution in [0.5, 0.6) is 0 Å². The van der Waals surface area contributed by atoms with Gasteiger partial charge in [-0.1, -0.05) is 13.8 Å². The molecule has 0 rings (SSSR count). The first-order valence-electron chi connectivity index (χ1n) is 8.61. The van der Waals surface area contributed by atoms with Crippen molar-refractivity contribution >= 4 is 11.9 Å². The second-order valence-corrected chi connectivity index (χ2v) is 5.36. The Labute approximate surface area is 136 Å². The van der Waals surface area contributed by atoms with Crippen molar-refractivity contribution in [3.05, 3.63) is 0 Å². The zero-order chi connectivity index (χ0) is 16.8. The molecule has 6 nitrogen and oxygen atoms in total. The molecule has 130 valence electrons. The van der Waals surface area contributed by atoms with Gasteiger partial charge in [0.25, 0.3) is 0 Å². The maximum absolute atomic E-state index is 11.5. The first-order valence-corrected chi connectivity index (χ1v) is 8.61. The Morgan fingerprint density at radius 2 is 1.73 bits per heavy atom. The van der Waals surface area contributed by atoms with Crippen LogP contribution >= 0.6 is 0 Å². The molecule has 0 heterocycles. The van der Waals surface area contributed by atoms with Crippen molar-refractivity contribution in [2.45, 2.75) is 53.5 Å². The van der Waals surface area contributed by atoms with Crippen LogP contribution in [0.1, 0.15) is 47.5 Å². The summed E-state index contributed by atoms with van der Waals surface area (Å²) in [5.41, 5.74) is 0. The molecule has 0 aliphatic carbocycles. The lowest BCUT2D eigenvalue weighted by molar-refractivity contribution is -0.119. The minimum Gasteiger partial charge on any atom is -0.357 e. The zero-order valence-electron chi connectivity index (χ0n) is 15.0. The Balaban J connectivity index is 4.19.